The van der Waals surface area contributed by atoms with Gasteiger partial charge in [-0.25, -0.2) is 13.4 Å². The molecule has 0 fully saturated rings. The second kappa shape index (κ2) is 6.91. The van der Waals surface area contributed by atoms with Crippen molar-refractivity contribution in [3.8, 4) is 0 Å². The van der Waals surface area contributed by atoms with Crippen LogP contribution in [0.5, 0.6) is 0 Å². The first kappa shape index (κ1) is 15.8. The highest BCUT2D eigenvalue weighted by atomic mass is 35.5. The van der Waals surface area contributed by atoms with Gasteiger partial charge in [-0.2, -0.15) is 0 Å². The van der Waals surface area contributed by atoms with Crippen LogP contribution in [0.3, 0.4) is 0 Å². The zero-order valence-corrected chi connectivity index (χ0v) is 13.3. The summed E-state index contributed by atoms with van der Waals surface area (Å²) in [5.41, 5.74) is 1.08. The molecule has 112 valence electrons. The molecule has 0 saturated carbocycles. The van der Waals surface area contributed by atoms with Crippen molar-refractivity contribution < 1.29 is 8.42 Å². The Morgan fingerprint density at radius 2 is 1.86 bits per heavy atom. The second-order valence-corrected chi connectivity index (χ2v) is 7.06. The van der Waals surface area contributed by atoms with Gasteiger partial charge in [0.25, 0.3) is 0 Å². The lowest BCUT2D eigenvalue weighted by atomic mass is 10.2. The molecule has 1 aromatic heterocycles. The van der Waals surface area contributed by atoms with Crippen LogP contribution < -0.4 is 4.90 Å². The number of nitrogens with zero attached hydrogens (tertiary/aromatic N) is 2. The fourth-order valence-corrected chi connectivity index (χ4v) is 3.12. The van der Waals surface area contributed by atoms with Crippen LogP contribution in [-0.2, 0) is 16.4 Å². The lowest BCUT2D eigenvalue weighted by Gasteiger charge is -2.24. The molecule has 2 rings (SSSR count). The van der Waals surface area contributed by atoms with Crippen LogP contribution in [0.4, 0.5) is 5.82 Å². The van der Waals surface area contributed by atoms with E-state index in [1.54, 1.807) is 18.3 Å². The normalized spacial score (nSPS) is 11.3. The third kappa shape index (κ3) is 4.19. The van der Waals surface area contributed by atoms with E-state index in [1.165, 1.54) is 6.26 Å². The summed E-state index contributed by atoms with van der Waals surface area (Å²) in [5, 5.41) is 0. The summed E-state index contributed by atoms with van der Waals surface area (Å²) >= 11 is 5.86. The van der Waals surface area contributed by atoms with Crippen LogP contribution in [0.25, 0.3) is 0 Å². The highest BCUT2D eigenvalue weighted by Gasteiger charge is 2.19. The molecule has 0 aliphatic heterocycles. The molecule has 21 heavy (non-hydrogen) atoms. The van der Waals surface area contributed by atoms with Gasteiger partial charge in [0.2, 0.25) is 0 Å². The number of benzene rings is 1. The summed E-state index contributed by atoms with van der Waals surface area (Å²) in [4.78, 5) is 6.36. The van der Waals surface area contributed by atoms with Crippen LogP contribution >= 0.6 is 11.6 Å². The molecule has 0 aliphatic carbocycles. The summed E-state index contributed by atoms with van der Waals surface area (Å²) < 4.78 is 23.8. The third-order valence-electron chi connectivity index (χ3n) is 3.02. The third-order valence-corrected chi connectivity index (χ3v) is 4.31. The Hall–Kier alpha value is -1.59. The van der Waals surface area contributed by atoms with E-state index in [1.807, 2.05) is 35.2 Å². The lowest BCUT2D eigenvalue weighted by Crippen LogP contribution is -2.27. The number of aromatic nitrogens is 1. The van der Waals surface area contributed by atoms with Crippen molar-refractivity contribution in [2.75, 3.05) is 23.6 Å². The van der Waals surface area contributed by atoms with Gasteiger partial charge in [0.05, 0.1) is 0 Å². The van der Waals surface area contributed by atoms with E-state index in [0.717, 1.165) is 5.56 Å². The predicted molar refractivity (Wildman–Crippen MR) is 85.6 cm³/mol. The maximum Gasteiger partial charge on any atom is 0.179 e. The predicted octanol–water partition coefficient (Wildman–Crippen LogP) is 2.73. The van der Waals surface area contributed by atoms with Crippen LogP contribution in [0, 0.1) is 0 Å². The van der Waals surface area contributed by atoms with Gasteiger partial charge in [-0.1, -0.05) is 30.3 Å². The Kier molecular flexibility index (Phi) is 5.20. The van der Waals surface area contributed by atoms with E-state index in [9.17, 15) is 8.42 Å². The quantitative estimate of drug-likeness (QED) is 0.767. The topological polar surface area (TPSA) is 50.3 Å². The summed E-state index contributed by atoms with van der Waals surface area (Å²) in [5.74, 6) is 0.844. The van der Waals surface area contributed by atoms with Gasteiger partial charge in [0.15, 0.2) is 9.84 Å². The highest BCUT2D eigenvalue weighted by molar-refractivity contribution is 7.90. The van der Waals surface area contributed by atoms with Gasteiger partial charge in [0.1, 0.15) is 10.7 Å². The van der Waals surface area contributed by atoms with Gasteiger partial charge in [-0.05, 0) is 17.7 Å². The first-order valence-corrected chi connectivity index (χ1v) is 8.95. The van der Waals surface area contributed by atoms with E-state index in [-0.39, 0.29) is 4.90 Å². The van der Waals surface area contributed by atoms with Crippen molar-refractivity contribution in [3.05, 3.63) is 54.2 Å². The number of hydrogen-bond donors (Lipinski definition) is 0. The number of anilines is 1. The van der Waals surface area contributed by atoms with E-state index in [4.69, 9.17) is 11.6 Å². The zero-order valence-electron chi connectivity index (χ0n) is 11.7. The molecule has 1 heterocycles. The van der Waals surface area contributed by atoms with Gasteiger partial charge in [-0.3, -0.25) is 0 Å². The van der Waals surface area contributed by atoms with Crippen molar-refractivity contribution in [3.63, 3.8) is 0 Å². The molecule has 0 radical (unpaired) electrons. The largest absolute Gasteiger partial charge is 0.350 e. The molecule has 0 unspecified atom stereocenters. The molecule has 1 aromatic carbocycles. The fourth-order valence-electron chi connectivity index (χ4n) is 2.07. The maximum atomic E-state index is 11.9. The average Bonchev–Trinajstić information content (AvgIpc) is 2.47. The molecule has 0 atom stereocenters. The van der Waals surface area contributed by atoms with Gasteiger partial charge in [-0.15, -0.1) is 11.6 Å². The molecule has 0 aliphatic rings. The van der Waals surface area contributed by atoms with E-state index in [0.29, 0.717) is 24.8 Å². The Balaban J connectivity index is 2.39. The van der Waals surface area contributed by atoms with Crippen molar-refractivity contribution in [1.29, 1.82) is 0 Å². The van der Waals surface area contributed by atoms with Crippen LogP contribution in [-0.4, -0.2) is 32.1 Å². The number of alkyl halides is 1. The Bertz CT molecular complexity index is 690. The zero-order chi connectivity index (χ0) is 15.3. The summed E-state index contributed by atoms with van der Waals surface area (Å²) in [6.07, 6.45) is 2.78. The van der Waals surface area contributed by atoms with Crippen molar-refractivity contribution in [2.45, 2.75) is 11.4 Å². The van der Waals surface area contributed by atoms with Crippen LogP contribution in [0.1, 0.15) is 5.56 Å². The number of halogens is 1. The molecule has 0 saturated heterocycles. The molecule has 0 amide bonds. The molecule has 0 bridgehead atoms. The van der Waals surface area contributed by atoms with E-state index in [2.05, 4.69) is 4.98 Å². The first-order chi connectivity index (χ1) is 10.0. The SMILES string of the molecule is CS(=O)(=O)c1cccnc1N(CCCl)Cc1ccccc1. The number of rotatable bonds is 6. The standard InChI is InChI=1S/C15H17ClN2O2S/c1-21(19,20)14-8-5-10-17-15(14)18(11-9-16)12-13-6-3-2-4-7-13/h2-8,10H,9,11-12H2,1H3. The number of sulfone groups is 1. The van der Waals surface area contributed by atoms with Crippen molar-refractivity contribution >= 4 is 27.3 Å². The van der Waals surface area contributed by atoms with Crippen molar-refractivity contribution in [2.24, 2.45) is 0 Å². The fraction of sp³-hybridized carbons (Fsp3) is 0.267. The summed E-state index contributed by atoms with van der Waals surface area (Å²) in [7, 11) is -3.34. The minimum absolute atomic E-state index is 0.228. The van der Waals surface area contributed by atoms with Gasteiger partial charge < -0.3 is 4.90 Å². The molecule has 6 heteroatoms. The maximum absolute atomic E-state index is 11.9. The molecule has 4 nitrogen and oxygen atoms in total. The monoisotopic (exact) mass is 324 g/mol. The lowest BCUT2D eigenvalue weighted by molar-refractivity contribution is 0.600. The Morgan fingerprint density at radius 1 is 1.14 bits per heavy atom. The molecule has 2 aromatic rings. The second-order valence-electron chi connectivity index (χ2n) is 4.69. The Morgan fingerprint density at radius 3 is 2.48 bits per heavy atom. The minimum Gasteiger partial charge on any atom is -0.350 e. The molecule has 0 spiro atoms. The highest BCUT2D eigenvalue weighted by Crippen LogP contribution is 2.23. The summed E-state index contributed by atoms with van der Waals surface area (Å²) in [6.45, 7) is 1.09. The molecular weight excluding hydrogens is 308 g/mol. The van der Waals surface area contributed by atoms with E-state index < -0.39 is 9.84 Å². The number of pyridine rings is 1. The average molecular weight is 325 g/mol. The van der Waals surface area contributed by atoms with Gasteiger partial charge in [0, 0.05) is 31.4 Å². The minimum atomic E-state index is -3.34. The first-order valence-electron chi connectivity index (χ1n) is 6.52. The van der Waals surface area contributed by atoms with Crippen molar-refractivity contribution in [1.82, 2.24) is 4.98 Å². The molecular formula is C15H17ClN2O2S. The Labute approximate surface area is 130 Å². The van der Waals surface area contributed by atoms with Crippen LogP contribution in [0.2, 0.25) is 0 Å². The van der Waals surface area contributed by atoms with Crippen LogP contribution in [0.15, 0.2) is 53.6 Å². The molecule has 0 N–H and O–H groups in total. The smallest absolute Gasteiger partial charge is 0.179 e. The summed E-state index contributed by atoms with van der Waals surface area (Å²) in [6, 6.07) is 13.0. The van der Waals surface area contributed by atoms with Gasteiger partial charge >= 0.3 is 0 Å². The number of hydrogen-bond acceptors (Lipinski definition) is 4. The van der Waals surface area contributed by atoms with E-state index >= 15 is 0 Å².